The SMILES string of the molecule is Cc1occc1-c1nnc(SCC(=O)c2ccc3c(c2)OCCO3)n1C[C@H]1CCCO1. The first kappa shape index (κ1) is 20.1. The number of hydrogen-bond acceptors (Lipinski definition) is 8. The Bertz CT molecular complexity index is 1090. The van der Waals surface area contributed by atoms with Crippen molar-refractivity contribution in [3.63, 3.8) is 0 Å². The van der Waals surface area contributed by atoms with Gasteiger partial charge in [0.25, 0.3) is 0 Å². The van der Waals surface area contributed by atoms with Gasteiger partial charge < -0.3 is 18.6 Å². The van der Waals surface area contributed by atoms with Gasteiger partial charge in [0, 0.05) is 12.2 Å². The maximum absolute atomic E-state index is 12.8. The topological polar surface area (TPSA) is 88.6 Å². The molecule has 1 saturated heterocycles. The first-order valence-electron chi connectivity index (χ1n) is 10.3. The van der Waals surface area contributed by atoms with Crippen LogP contribution in [0.1, 0.15) is 29.0 Å². The Morgan fingerprint density at radius 1 is 1.16 bits per heavy atom. The molecule has 0 saturated carbocycles. The Labute approximate surface area is 183 Å². The van der Waals surface area contributed by atoms with Crippen LogP contribution in [0.4, 0.5) is 0 Å². The quantitative estimate of drug-likeness (QED) is 0.404. The summed E-state index contributed by atoms with van der Waals surface area (Å²) in [4.78, 5) is 12.8. The molecule has 0 spiro atoms. The van der Waals surface area contributed by atoms with E-state index in [1.807, 2.05) is 17.6 Å². The first-order chi connectivity index (χ1) is 15.2. The lowest BCUT2D eigenvalue weighted by atomic mass is 10.1. The van der Waals surface area contributed by atoms with E-state index < -0.39 is 0 Å². The molecule has 5 rings (SSSR count). The van der Waals surface area contributed by atoms with Crippen molar-refractivity contribution in [2.24, 2.45) is 0 Å². The maximum atomic E-state index is 12.8. The van der Waals surface area contributed by atoms with Crippen molar-refractivity contribution in [1.29, 1.82) is 0 Å². The molecule has 0 N–H and O–H groups in total. The number of nitrogens with zero attached hydrogens (tertiary/aromatic N) is 3. The summed E-state index contributed by atoms with van der Waals surface area (Å²) in [5, 5.41) is 9.46. The third-order valence-electron chi connectivity index (χ3n) is 5.42. The normalized spacial score (nSPS) is 17.8. The molecule has 0 bridgehead atoms. The van der Waals surface area contributed by atoms with Gasteiger partial charge in [-0.2, -0.15) is 0 Å². The molecule has 4 heterocycles. The van der Waals surface area contributed by atoms with E-state index in [9.17, 15) is 4.79 Å². The zero-order valence-corrected chi connectivity index (χ0v) is 18.0. The standard InChI is InChI=1S/C22H23N3O5S/c1-14-17(6-8-27-14)21-23-24-22(25(21)12-16-3-2-7-28-16)31-13-18(26)15-4-5-19-20(11-15)30-10-9-29-19/h4-6,8,11,16H,2-3,7,9-10,12-13H2,1H3/t16-/m1/s1. The van der Waals surface area contributed by atoms with Gasteiger partial charge in [0.2, 0.25) is 0 Å². The molecule has 0 amide bonds. The summed E-state index contributed by atoms with van der Waals surface area (Å²) in [5.74, 6) is 3.04. The monoisotopic (exact) mass is 441 g/mol. The number of rotatable bonds is 7. The molecule has 1 atom stereocenters. The molecule has 8 nitrogen and oxygen atoms in total. The van der Waals surface area contributed by atoms with E-state index in [-0.39, 0.29) is 17.6 Å². The number of fused-ring (bicyclic) bond motifs is 1. The minimum absolute atomic E-state index is 0.00492. The largest absolute Gasteiger partial charge is 0.486 e. The van der Waals surface area contributed by atoms with Crippen LogP contribution in [0.5, 0.6) is 11.5 Å². The Morgan fingerprint density at radius 3 is 2.81 bits per heavy atom. The summed E-state index contributed by atoms with van der Waals surface area (Å²) in [6.45, 7) is 4.33. The highest BCUT2D eigenvalue weighted by atomic mass is 32.2. The summed E-state index contributed by atoms with van der Waals surface area (Å²) in [5.41, 5.74) is 1.49. The summed E-state index contributed by atoms with van der Waals surface area (Å²) >= 11 is 1.38. The van der Waals surface area contributed by atoms with Crippen LogP contribution in [0.3, 0.4) is 0 Å². The van der Waals surface area contributed by atoms with Crippen LogP contribution in [0.15, 0.2) is 40.1 Å². The number of carbonyl (C=O) groups excluding carboxylic acids is 1. The van der Waals surface area contributed by atoms with Crippen molar-refractivity contribution in [3.05, 3.63) is 41.9 Å². The summed E-state index contributed by atoms with van der Waals surface area (Å²) in [7, 11) is 0. The van der Waals surface area contributed by atoms with Crippen LogP contribution in [0.2, 0.25) is 0 Å². The third-order valence-corrected chi connectivity index (χ3v) is 6.39. The van der Waals surface area contributed by atoms with E-state index in [0.29, 0.717) is 42.0 Å². The van der Waals surface area contributed by atoms with E-state index in [0.717, 1.165) is 36.6 Å². The molecule has 3 aromatic rings. The molecule has 2 aromatic heterocycles. The molecule has 1 fully saturated rings. The second kappa shape index (κ2) is 8.76. The molecular weight excluding hydrogens is 418 g/mol. The molecule has 31 heavy (non-hydrogen) atoms. The summed E-state index contributed by atoms with van der Waals surface area (Å²) < 4.78 is 24.5. The van der Waals surface area contributed by atoms with Gasteiger partial charge in [-0.15, -0.1) is 10.2 Å². The average Bonchev–Trinajstić information content (AvgIpc) is 3.54. The summed E-state index contributed by atoms with van der Waals surface area (Å²) in [6, 6.07) is 7.19. The molecule has 0 aliphatic carbocycles. The van der Waals surface area contributed by atoms with Crippen molar-refractivity contribution >= 4 is 17.5 Å². The van der Waals surface area contributed by atoms with Gasteiger partial charge >= 0.3 is 0 Å². The predicted octanol–water partition coefficient (Wildman–Crippen LogP) is 3.77. The van der Waals surface area contributed by atoms with Crippen LogP contribution >= 0.6 is 11.8 Å². The van der Waals surface area contributed by atoms with Crippen LogP contribution < -0.4 is 9.47 Å². The highest BCUT2D eigenvalue weighted by Gasteiger charge is 2.24. The molecule has 162 valence electrons. The fourth-order valence-electron chi connectivity index (χ4n) is 3.80. The maximum Gasteiger partial charge on any atom is 0.192 e. The van der Waals surface area contributed by atoms with Gasteiger partial charge in [-0.3, -0.25) is 9.36 Å². The van der Waals surface area contributed by atoms with Crippen molar-refractivity contribution in [3.8, 4) is 22.9 Å². The minimum atomic E-state index is -0.00492. The third kappa shape index (κ3) is 4.20. The van der Waals surface area contributed by atoms with E-state index >= 15 is 0 Å². The van der Waals surface area contributed by atoms with Crippen LogP contribution in [0, 0.1) is 6.92 Å². The van der Waals surface area contributed by atoms with Crippen molar-refractivity contribution < 1.29 is 23.4 Å². The summed E-state index contributed by atoms with van der Waals surface area (Å²) in [6.07, 6.45) is 3.82. The zero-order chi connectivity index (χ0) is 21.2. The number of thioether (sulfide) groups is 1. The number of ketones is 1. The molecule has 2 aliphatic heterocycles. The minimum Gasteiger partial charge on any atom is -0.486 e. The lowest BCUT2D eigenvalue weighted by Crippen LogP contribution is -2.17. The lowest BCUT2D eigenvalue weighted by molar-refractivity contribution is 0.0953. The highest BCUT2D eigenvalue weighted by molar-refractivity contribution is 7.99. The number of furan rings is 1. The van der Waals surface area contributed by atoms with Crippen molar-refractivity contribution in [2.45, 2.75) is 37.6 Å². The van der Waals surface area contributed by atoms with E-state index in [2.05, 4.69) is 10.2 Å². The van der Waals surface area contributed by atoms with Crippen molar-refractivity contribution in [1.82, 2.24) is 14.8 Å². The Hall–Kier alpha value is -2.78. The number of ether oxygens (including phenoxy) is 3. The highest BCUT2D eigenvalue weighted by Crippen LogP contribution is 2.32. The second-order valence-corrected chi connectivity index (χ2v) is 8.46. The Morgan fingerprint density at radius 2 is 2.03 bits per heavy atom. The van der Waals surface area contributed by atoms with Gasteiger partial charge in [-0.25, -0.2) is 0 Å². The Balaban J connectivity index is 1.35. The molecule has 2 aliphatic rings. The van der Waals surface area contributed by atoms with Gasteiger partial charge in [0.15, 0.2) is 28.3 Å². The van der Waals surface area contributed by atoms with Gasteiger partial charge in [-0.1, -0.05) is 11.8 Å². The first-order valence-corrected chi connectivity index (χ1v) is 11.3. The molecule has 0 radical (unpaired) electrons. The van der Waals surface area contributed by atoms with Crippen LogP contribution in [-0.4, -0.2) is 52.2 Å². The van der Waals surface area contributed by atoms with Gasteiger partial charge in [0.1, 0.15) is 19.0 Å². The smallest absolute Gasteiger partial charge is 0.192 e. The van der Waals surface area contributed by atoms with E-state index in [1.54, 1.807) is 24.5 Å². The van der Waals surface area contributed by atoms with Gasteiger partial charge in [0.05, 0.1) is 30.2 Å². The second-order valence-electron chi connectivity index (χ2n) is 7.51. The van der Waals surface area contributed by atoms with Gasteiger partial charge in [-0.05, 0) is 44.0 Å². The number of Topliss-reactive ketones (excluding diaryl/α,β-unsaturated/α-hetero) is 1. The number of carbonyl (C=O) groups is 1. The van der Waals surface area contributed by atoms with E-state index in [1.165, 1.54) is 11.8 Å². The Kier molecular flexibility index (Phi) is 5.69. The molecule has 0 unspecified atom stereocenters. The average molecular weight is 442 g/mol. The predicted molar refractivity (Wildman–Crippen MR) is 114 cm³/mol. The number of aryl methyl sites for hydroxylation is 1. The fraction of sp³-hybridized carbons (Fsp3) is 0.409. The van der Waals surface area contributed by atoms with Crippen LogP contribution in [0.25, 0.3) is 11.4 Å². The fourth-order valence-corrected chi connectivity index (χ4v) is 4.64. The zero-order valence-electron chi connectivity index (χ0n) is 17.2. The van der Waals surface area contributed by atoms with Crippen LogP contribution in [-0.2, 0) is 11.3 Å². The molecule has 1 aromatic carbocycles. The number of aromatic nitrogens is 3. The lowest BCUT2D eigenvalue weighted by Gasteiger charge is -2.18. The molecule has 9 heteroatoms. The molecular formula is C22H23N3O5S. The number of benzene rings is 1. The van der Waals surface area contributed by atoms with E-state index in [4.69, 9.17) is 18.6 Å². The van der Waals surface area contributed by atoms with Crippen molar-refractivity contribution in [2.75, 3.05) is 25.6 Å². The number of hydrogen-bond donors (Lipinski definition) is 0.